The zero-order valence-corrected chi connectivity index (χ0v) is 15.5. The first kappa shape index (κ1) is 16.8. The molecule has 0 unspecified atom stereocenters. The van der Waals surface area contributed by atoms with Crippen LogP contribution in [0.4, 0.5) is 5.69 Å². The number of aryl methyl sites for hydroxylation is 2. The van der Waals surface area contributed by atoms with Gasteiger partial charge in [0.25, 0.3) is 0 Å². The molecular weight excluding hydrogens is 348 g/mol. The molecule has 1 fully saturated rings. The number of carbonyl (C=O) groups is 1. The highest BCUT2D eigenvalue weighted by Gasteiger charge is 2.31. The minimum atomic E-state index is -0.253. The van der Waals surface area contributed by atoms with E-state index in [-0.39, 0.29) is 24.2 Å². The number of nitrogens with zero attached hydrogens (tertiary/aromatic N) is 3. The summed E-state index contributed by atoms with van der Waals surface area (Å²) in [6, 6.07) is 9.93. The SMILES string of the molecule is Cc1ccc(NC(=O)Cn2nc(-c3cccs3)n(C3CC3)c2=O)c(C)c1. The molecule has 1 amide bonds. The first-order chi connectivity index (χ1) is 12.5. The number of aromatic nitrogens is 3. The molecule has 1 saturated carbocycles. The summed E-state index contributed by atoms with van der Waals surface area (Å²) in [6.45, 7) is 3.87. The van der Waals surface area contributed by atoms with Gasteiger partial charge < -0.3 is 5.32 Å². The summed E-state index contributed by atoms with van der Waals surface area (Å²) >= 11 is 1.55. The topological polar surface area (TPSA) is 68.9 Å². The molecule has 2 heterocycles. The summed E-state index contributed by atoms with van der Waals surface area (Å²) < 4.78 is 3.00. The standard InChI is InChI=1S/C19H20N4O2S/c1-12-5-8-15(13(2)10-12)20-17(24)11-22-19(25)23(14-6-7-14)18(21-22)16-4-3-9-26-16/h3-5,8-10,14H,6-7,11H2,1-2H3,(H,20,24). The number of hydrogen-bond donors (Lipinski definition) is 1. The van der Waals surface area contributed by atoms with Crippen LogP contribution in [0.1, 0.15) is 30.0 Å². The minimum absolute atomic E-state index is 0.0930. The Balaban J connectivity index is 1.59. The van der Waals surface area contributed by atoms with Crippen LogP contribution in [0.25, 0.3) is 10.7 Å². The molecule has 0 aliphatic heterocycles. The average Bonchev–Trinajstić information content (AvgIpc) is 3.17. The molecule has 2 aromatic heterocycles. The van der Waals surface area contributed by atoms with Crippen molar-refractivity contribution in [2.75, 3.05) is 5.32 Å². The van der Waals surface area contributed by atoms with Gasteiger partial charge in [-0.1, -0.05) is 23.8 Å². The number of hydrogen-bond acceptors (Lipinski definition) is 4. The molecule has 0 bridgehead atoms. The van der Waals surface area contributed by atoms with E-state index in [1.807, 2.05) is 49.6 Å². The number of benzene rings is 1. The third-order valence-electron chi connectivity index (χ3n) is 4.47. The van der Waals surface area contributed by atoms with E-state index in [2.05, 4.69) is 10.4 Å². The lowest BCUT2D eigenvalue weighted by molar-refractivity contribution is -0.117. The van der Waals surface area contributed by atoms with Crippen LogP contribution in [0.2, 0.25) is 0 Å². The van der Waals surface area contributed by atoms with E-state index in [0.717, 1.165) is 34.5 Å². The second kappa shape index (κ2) is 6.57. The fraction of sp³-hybridized carbons (Fsp3) is 0.316. The van der Waals surface area contributed by atoms with Gasteiger partial charge in [0.05, 0.1) is 4.88 Å². The number of carbonyl (C=O) groups excluding carboxylic acids is 1. The Hall–Kier alpha value is -2.67. The molecule has 1 aliphatic rings. The average molecular weight is 368 g/mol. The molecule has 0 spiro atoms. The van der Waals surface area contributed by atoms with Crippen molar-refractivity contribution in [2.24, 2.45) is 0 Å². The van der Waals surface area contributed by atoms with Crippen molar-refractivity contribution in [3.05, 3.63) is 57.3 Å². The highest BCUT2D eigenvalue weighted by molar-refractivity contribution is 7.13. The van der Waals surface area contributed by atoms with Gasteiger partial charge in [0, 0.05) is 11.7 Å². The van der Waals surface area contributed by atoms with Gasteiger partial charge in [-0.25, -0.2) is 9.48 Å². The van der Waals surface area contributed by atoms with E-state index in [1.54, 1.807) is 15.9 Å². The molecule has 134 valence electrons. The van der Waals surface area contributed by atoms with Crippen LogP contribution < -0.4 is 11.0 Å². The van der Waals surface area contributed by atoms with Crippen LogP contribution in [-0.2, 0) is 11.3 Å². The molecule has 0 atom stereocenters. The molecule has 1 aliphatic carbocycles. The van der Waals surface area contributed by atoms with E-state index in [4.69, 9.17) is 0 Å². The lowest BCUT2D eigenvalue weighted by Gasteiger charge is -2.08. The molecular formula is C19H20N4O2S. The smallest absolute Gasteiger partial charge is 0.324 e. The van der Waals surface area contributed by atoms with Crippen LogP contribution in [0.15, 0.2) is 40.5 Å². The summed E-state index contributed by atoms with van der Waals surface area (Å²) in [7, 11) is 0. The minimum Gasteiger partial charge on any atom is -0.324 e. The second-order valence-corrected chi connectivity index (χ2v) is 7.66. The molecule has 3 aromatic rings. The van der Waals surface area contributed by atoms with Crippen molar-refractivity contribution >= 4 is 22.9 Å². The van der Waals surface area contributed by atoms with E-state index in [9.17, 15) is 9.59 Å². The normalized spacial score (nSPS) is 13.8. The quantitative estimate of drug-likeness (QED) is 0.751. The zero-order chi connectivity index (χ0) is 18.3. The van der Waals surface area contributed by atoms with Crippen LogP contribution in [0.5, 0.6) is 0 Å². The number of nitrogens with one attached hydrogen (secondary N) is 1. The van der Waals surface area contributed by atoms with Crippen LogP contribution in [0, 0.1) is 13.8 Å². The molecule has 7 heteroatoms. The summed E-state index contributed by atoms with van der Waals surface area (Å²) in [5.41, 5.74) is 2.68. The lowest BCUT2D eigenvalue weighted by Crippen LogP contribution is -2.30. The van der Waals surface area contributed by atoms with Crippen molar-refractivity contribution in [1.29, 1.82) is 0 Å². The first-order valence-electron chi connectivity index (χ1n) is 8.63. The Morgan fingerprint density at radius 2 is 2.12 bits per heavy atom. The van der Waals surface area contributed by atoms with Gasteiger partial charge in [-0.2, -0.15) is 0 Å². The first-order valence-corrected chi connectivity index (χ1v) is 9.51. The fourth-order valence-electron chi connectivity index (χ4n) is 3.04. The van der Waals surface area contributed by atoms with Gasteiger partial charge in [-0.05, 0) is 49.8 Å². The molecule has 1 aromatic carbocycles. The number of thiophene rings is 1. The number of anilines is 1. The Bertz CT molecular complexity index is 1010. The maximum Gasteiger partial charge on any atom is 0.346 e. The molecule has 6 nitrogen and oxygen atoms in total. The predicted molar refractivity (Wildman–Crippen MR) is 103 cm³/mol. The summed E-state index contributed by atoms with van der Waals surface area (Å²) in [6.07, 6.45) is 1.97. The second-order valence-electron chi connectivity index (χ2n) is 6.71. The molecule has 4 rings (SSSR count). The van der Waals surface area contributed by atoms with Gasteiger partial charge in [0.2, 0.25) is 5.91 Å². The van der Waals surface area contributed by atoms with Gasteiger partial charge >= 0.3 is 5.69 Å². The molecule has 1 N–H and O–H groups in total. The van der Waals surface area contributed by atoms with Crippen molar-refractivity contribution in [2.45, 2.75) is 39.3 Å². The Kier molecular flexibility index (Phi) is 4.24. The third-order valence-corrected chi connectivity index (χ3v) is 5.34. The Labute approximate surface area is 155 Å². The maximum absolute atomic E-state index is 12.8. The van der Waals surface area contributed by atoms with Crippen LogP contribution in [0.3, 0.4) is 0 Å². The number of rotatable bonds is 5. The van der Waals surface area contributed by atoms with Gasteiger partial charge in [-0.15, -0.1) is 16.4 Å². The fourth-order valence-corrected chi connectivity index (χ4v) is 3.74. The Morgan fingerprint density at radius 3 is 2.77 bits per heavy atom. The summed E-state index contributed by atoms with van der Waals surface area (Å²) in [4.78, 5) is 26.1. The van der Waals surface area contributed by atoms with E-state index >= 15 is 0 Å². The summed E-state index contributed by atoms with van der Waals surface area (Å²) in [5.74, 6) is 0.407. The molecule has 26 heavy (non-hydrogen) atoms. The van der Waals surface area contributed by atoms with E-state index < -0.39 is 0 Å². The van der Waals surface area contributed by atoms with Crippen molar-refractivity contribution in [3.8, 4) is 10.7 Å². The highest BCUT2D eigenvalue weighted by Crippen LogP contribution is 2.37. The monoisotopic (exact) mass is 368 g/mol. The van der Waals surface area contributed by atoms with Crippen LogP contribution in [-0.4, -0.2) is 20.3 Å². The van der Waals surface area contributed by atoms with Crippen molar-refractivity contribution < 1.29 is 4.79 Å². The number of amides is 1. The largest absolute Gasteiger partial charge is 0.346 e. The van der Waals surface area contributed by atoms with Crippen molar-refractivity contribution in [1.82, 2.24) is 14.3 Å². The molecule has 0 saturated heterocycles. The van der Waals surface area contributed by atoms with E-state index in [1.165, 1.54) is 4.68 Å². The third kappa shape index (κ3) is 3.22. The van der Waals surface area contributed by atoms with Gasteiger partial charge in [0.1, 0.15) is 6.54 Å². The van der Waals surface area contributed by atoms with Crippen LogP contribution >= 0.6 is 11.3 Å². The Morgan fingerprint density at radius 1 is 1.31 bits per heavy atom. The predicted octanol–water partition coefficient (Wildman–Crippen LogP) is 3.36. The zero-order valence-electron chi connectivity index (χ0n) is 14.7. The van der Waals surface area contributed by atoms with Gasteiger partial charge in [0.15, 0.2) is 5.82 Å². The highest BCUT2D eigenvalue weighted by atomic mass is 32.1. The summed E-state index contributed by atoms with van der Waals surface area (Å²) in [5, 5.41) is 9.29. The van der Waals surface area contributed by atoms with E-state index in [0.29, 0.717) is 5.82 Å². The maximum atomic E-state index is 12.8. The van der Waals surface area contributed by atoms with Gasteiger partial charge in [-0.3, -0.25) is 9.36 Å². The molecule has 0 radical (unpaired) electrons. The van der Waals surface area contributed by atoms with Crippen molar-refractivity contribution in [3.63, 3.8) is 0 Å². The lowest BCUT2D eigenvalue weighted by atomic mass is 10.1.